The number of anilines is 1. The van der Waals surface area contributed by atoms with E-state index in [1.165, 1.54) is 19.8 Å². The van der Waals surface area contributed by atoms with Gasteiger partial charge in [0.2, 0.25) is 0 Å². The summed E-state index contributed by atoms with van der Waals surface area (Å²) in [5.41, 5.74) is 9.56. The van der Waals surface area contributed by atoms with E-state index in [1.54, 1.807) is 12.1 Å². The average molecular weight is 584 g/mol. The molecule has 4 rings (SSSR count). The van der Waals surface area contributed by atoms with Crippen molar-refractivity contribution in [3.63, 3.8) is 0 Å². The summed E-state index contributed by atoms with van der Waals surface area (Å²) in [5, 5.41) is 0. The molecule has 2 N–H and O–H groups in total. The molecule has 3 aromatic rings. The summed E-state index contributed by atoms with van der Waals surface area (Å²) in [4.78, 5) is 36.9. The van der Waals surface area contributed by atoms with E-state index in [9.17, 15) is 14.4 Å². The predicted octanol–water partition coefficient (Wildman–Crippen LogP) is 5.90. The number of hydrogen-bond acceptors (Lipinski definition) is 7. The molecular formula is C30H35BrN2O5. The summed E-state index contributed by atoms with van der Waals surface area (Å²) in [7, 11) is 0. The summed E-state index contributed by atoms with van der Waals surface area (Å²) in [6.45, 7) is 4.21. The summed E-state index contributed by atoms with van der Waals surface area (Å²) in [5.74, 6) is -0.782. The van der Waals surface area contributed by atoms with E-state index in [2.05, 4.69) is 20.8 Å². The third-order valence-corrected chi connectivity index (χ3v) is 6.39. The second-order valence-corrected chi connectivity index (χ2v) is 9.41. The smallest absolute Gasteiger partial charge is 0.338 e. The number of carbonyl (C=O) groups excluding carboxylic acids is 3. The lowest BCUT2D eigenvalue weighted by atomic mass is 10.0. The number of carbonyl (C=O) groups is 3. The van der Waals surface area contributed by atoms with Crippen molar-refractivity contribution in [1.29, 1.82) is 0 Å². The molecule has 202 valence electrons. The molecule has 0 aromatic heterocycles. The van der Waals surface area contributed by atoms with Crippen LogP contribution in [-0.2, 0) is 20.8 Å². The van der Waals surface area contributed by atoms with Crippen LogP contribution < -0.4 is 5.73 Å². The lowest BCUT2D eigenvalue weighted by Gasteiger charge is -2.17. The van der Waals surface area contributed by atoms with Crippen molar-refractivity contribution in [2.45, 2.75) is 33.7 Å². The third-order valence-electron chi connectivity index (χ3n) is 5.74. The molecule has 1 fully saturated rings. The molecule has 0 unspecified atom stereocenters. The highest BCUT2D eigenvalue weighted by Gasteiger charge is 2.17. The molecule has 1 aliphatic heterocycles. The summed E-state index contributed by atoms with van der Waals surface area (Å²) in [6.07, 6.45) is 2.39. The fraction of sp³-hybridized carbons (Fsp3) is 0.300. The summed E-state index contributed by atoms with van der Waals surface area (Å²) < 4.78 is 10.5. The van der Waals surface area contributed by atoms with E-state index in [1.807, 2.05) is 60.7 Å². The van der Waals surface area contributed by atoms with E-state index < -0.39 is 11.9 Å². The lowest BCUT2D eigenvalue weighted by Crippen LogP contribution is -2.20. The van der Waals surface area contributed by atoms with E-state index in [4.69, 9.17) is 15.2 Å². The third kappa shape index (κ3) is 9.43. The molecule has 1 heterocycles. The number of nitrogens with two attached hydrogens (primary N) is 1. The Morgan fingerprint density at radius 2 is 1.37 bits per heavy atom. The lowest BCUT2D eigenvalue weighted by molar-refractivity contribution is -0.142. The van der Waals surface area contributed by atoms with Crippen LogP contribution in [0.5, 0.6) is 0 Å². The van der Waals surface area contributed by atoms with Crippen molar-refractivity contribution in [2.24, 2.45) is 0 Å². The Balaban J connectivity index is 0.000000289. The first-order chi connectivity index (χ1) is 17.8. The van der Waals surface area contributed by atoms with Crippen molar-refractivity contribution in [3.8, 4) is 0 Å². The Morgan fingerprint density at radius 1 is 0.842 bits per heavy atom. The second kappa shape index (κ2) is 15.7. The normalized spacial score (nSPS) is 12.5. The number of ketones is 1. The van der Waals surface area contributed by atoms with Crippen LogP contribution in [0.1, 0.15) is 59.0 Å². The quantitative estimate of drug-likeness (QED) is 0.153. The van der Waals surface area contributed by atoms with Crippen LogP contribution in [0.15, 0.2) is 77.3 Å². The van der Waals surface area contributed by atoms with Gasteiger partial charge in [-0.3, -0.25) is 14.5 Å². The fourth-order valence-corrected chi connectivity index (χ4v) is 4.36. The van der Waals surface area contributed by atoms with E-state index >= 15 is 0 Å². The molecular weight excluding hydrogens is 548 g/mol. The molecule has 7 nitrogen and oxygen atoms in total. The number of likely N-dealkylation sites (tertiary alicyclic amines) is 1. The van der Waals surface area contributed by atoms with Crippen LogP contribution in [0, 0.1) is 0 Å². The monoisotopic (exact) mass is 582 g/mol. The molecule has 0 radical (unpaired) electrons. The van der Waals surface area contributed by atoms with Gasteiger partial charge in [0.05, 0.1) is 11.3 Å². The molecule has 0 saturated carbocycles. The first-order valence-corrected chi connectivity index (χ1v) is 12.9. The number of halogens is 1. The van der Waals surface area contributed by atoms with Crippen molar-refractivity contribution < 1.29 is 23.9 Å². The van der Waals surface area contributed by atoms with Crippen molar-refractivity contribution >= 4 is 39.3 Å². The Hall–Kier alpha value is -3.49. The maximum atomic E-state index is 12.1. The summed E-state index contributed by atoms with van der Waals surface area (Å²) in [6, 6.07) is 22.0. The SMILES string of the molecule is C.CC(=O)OCCOC(=O)c1cc(Br)c(N)c(CN2CCCC2)c1.O=C(c1ccccc1)c1ccccc1. The van der Waals surface area contributed by atoms with Crippen LogP contribution in [0.2, 0.25) is 0 Å². The first-order valence-electron chi connectivity index (χ1n) is 12.1. The molecule has 38 heavy (non-hydrogen) atoms. The summed E-state index contributed by atoms with van der Waals surface area (Å²) >= 11 is 3.39. The van der Waals surface area contributed by atoms with Gasteiger partial charge in [-0.05, 0) is 59.6 Å². The van der Waals surface area contributed by atoms with Gasteiger partial charge in [0, 0.05) is 29.1 Å². The van der Waals surface area contributed by atoms with Crippen LogP contribution in [0.3, 0.4) is 0 Å². The van der Waals surface area contributed by atoms with Gasteiger partial charge in [-0.1, -0.05) is 68.1 Å². The molecule has 0 bridgehead atoms. The molecule has 0 amide bonds. The van der Waals surface area contributed by atoms with Gasteiger partial charge in [-0.2, -0.15) is 0 Å². The largest absolute Gasteiger partial charge is 0.462 e. The van der Waals surface area contributed by atoms with Gasteiger partial charge >= 0.3 is 11.9 Å². The highest BCUT2D eigenvalue weighted by Crippen LogP contribution is 2.28. The number of esters is 2. The van der Waals surface area contributed by atoms with E-state index in [-0.39, 0.29) is 26.4 Å². The second-order valence-electron chi connectivity index (χ2n) is 8.55. The average Bonchev–Trinajstić information content (AvgIpc) is 3.43. The molecule has 3 aromatic carbocycles. The topological polar surface area (TPSA) is 98.9 Å². The molecule has 0 spiro atoms. The standard InChI is InChI=1S/C16H21BrN2O4.C13H10O.CH4/c1-11(20)22-6-7-23-16(21)12-8-13(15(18)14(17)9-12)10-19-4-2-3-5-19;14-13(11-7-3-1-4-8-11)12-9-5-2-6-10-12;/h8-9H,2-7,10,18H2,1H3;1-10H;1H4. The van der Waals surface area contributed by atoms with Gasteiger partial charge in [0.15, 0.2) is 5.78 Å². The highest BCUT2D eigenvalue weighted by molar-refractivity contribution is 9.10. The van der Waals surface area contributed by atoms with Gasteiger partial charge in [-0.25, -0.2) is 4.79 Å². The first kappa shape index (κ1) is 30.7. The maximum absolute atomic E-state index is 12.1. The Morgan fingerprint density at radius 3 is 1.89 bits per heavy atom. The number of ether oxygens (including phenoxy) is 2. The van der Waals surface area contributed by atoms with Crippen molar-refractivity contribution in [3.05, 3.63) is 99.5 Å². The van der Waals surface area contributed by atoms with Crippen LogP contribution in [-0.4, -0.2) is 48.9 Å². The van der Waals surface area contributed by atoms with Gasteiger partial charge < -0.3 is 15.2 Å². The zero-order chi connectivity index (χ0) is 26.6. The van der Waals surface area contributed by atoms with E-state index in [0.717, 1.165) is 36.3 Å². The van der Waals surface area contributed by atoms with Crippen molar-refractivity contribution in [1.82, 2.24) is 4.90 Å². The molecule has 1 aliphatic rings. The van der Waals surface area contributed by atoms with Crippen LogP contribution in [0.4, 0.5) is 5.69 Å². The maximum Gasteiger partial charge on any atom is 0.338 e. The minimum absolute atomic E-state index is 0. The number of nitrogens with zero attached hydrogens (tertiary/aromatic N) is 1. The molecule has 1 saturated heterocycles. The van der Waals surface area contributed by atoms with Gasteiger partial charge in [0.1, 0.15) is 13.2 Å². The highest BCUT2D eigenvalue weighted by atomic mass is 79.9. The molecule has 0 atom stereocenters. The van der Waals surface area contributed by atoms with E-state index in [0.29, 0.717) is 15.7 Å². The van der Waals surface area contributed by atoms with Gasteiger partial charge in [0.25, 0.3) is 0 Å². The minimum Gasteiger partial charge on any atom is -0.462 e. The fourth-order valence-electron chi connectivity index (χ4n) is 3.85. The van der Waals surface area contributed by atoms with Crippen molar-refractivity contribution in [2.75, 3.05) is 32.0 Å². The number of benzene rings is 3. The number of nitrogen functional groups attached to an aromatic ring is 1. The number of hydrogen-bond donors (Lipinski definition) is 1. The Kier molecular flexibility index (Phi) is 12.7. The zero-order valence-corrected chi connectivity index (χ0v) is 22.4. The predicted molar refractivity (Wildman–Crippen MR) is 153 cm³/mol. The zero-order valence-electron chi connectivity index (χ0n) is 20.8. The van der Waals surface area contributed by atoms with Crippen LogP contribution in [0.25, 0.3) is 0 Å². The van der Waals surface area contributed by atoms with Gasteiger partial charge in [-0.15, -0.1) is 0 Å². The number of rotatable bonds is 8. The van der Waals surface area contributed by atoms with Crippen LogP contribution >= 0.6 is 15.9 Å². The molecule has 0 aliphatic carbocycles. The Labute approximate surface area is 233 Å². The minimum atomic E-state index is -0.458. The molecule has 8 heteroatoms. The Bertz CT molecular complexity index is 1150.